The maximum atomic E-state index is 14.2. The van der Waals surface area contributed by atoms with Gasteiger partial charge < -0.3 is 10.6 Å². The van der Waals surface area contributed by atoms with Crippen LogP contribution in [0.3, 0.4) is 0 Å². The van der Waals surface area contributed by atoms with E-state index in [0.717, 1.165) is 56.0 Å². The molecular formula is C31H34N4O2. The summed E-state index contributed by atoms with van der Waals surface area (Å²) in [6, 6.07) is 27.1. The molecule has 2 N–H and O–H groups in total. The topological polar surface area (TPSA) is 66.4 Å². The summed E-state index contributed by atoms with van der Waals surface area (Å²) in [6.45, 7) is 6.22. The summed E-state index contributed by atoms with van der Waals surface area (Å²) >= 11 is 0. The maximum absolute atomic E-state index is 14.2. The Bertz CT molecular complexity index is 1410. The molecule has 0 spiro atoms. The van der Waals surface area contributed by atoms with E-state index in [0.29, 0.717) is 22.9 Å². The minimum Gasteiger partial charge on any atom is -0.345 e. The fraction of sp³-hybridized carbons (Fsp3) is 0.290. The highest BCUT2D eigenvalue weighted by Crippen LogP contribution is 2.26. The van der Waals surface area contributed by atoms with Crippen molar-refractivity contribution >= 4 is 16.7 Å². The Kier molecular flexibility index (Phi) is 7.78. The number of fused-ring (bicyclic) bond motifs is 1. The van der Waals surface area contributed by atoms with Crippen molar-refractivity contribution in [1.29, 1.82) is 0 Å². The number of rotatable bonds is 7. The number of para-hydroxylation sites is 1. The molecule has 0 saturated carbocycles. The number of pyridine rings is 1. The molecule has 190 valence electrons. The molecule has 5 rings (SSSR count). The van der Waals surface area contributed by atoms with E-state index in [4.69, 9.17) is 0 Å². The number of carbonyl (C=O) groups is 1. The highest BCUT2D eigenvalue weighted by molar-refractivity contribution is 6.08. The average Bonchev–Trinajstić information content (AvgIpc) is 3.21. The van der Waals surface area contributed by atoms with Gasteiger partial charge in [0.2, 0.25) is 0 Å². The van der Waals surface area contributed by atoms with E-state index in [9.17, 15) is 9.59 Å². The van der Waals surface area contributed by atoms with E-state index >= 15 is 0 Å². The Labute approximate surface area is 217 Å². The Hall–Kier alpha value is -3.74. The number of nitrogens with one attached hydrogen (secondary N) is 2. The van der Waals surface area contributed by atoms with Gasteiger partial charge in [-0.3, -0.25) is 19.1 Å². The molecule has 3 aromatic carbocycles. The van der Waals surface area contributed by atoms with Gasteiger partial charge in [-0.15, -0.1) is 0 Å². The summed E-state index contributed by atoms with van der Waals surface area (Å²) in [7, 11) is 0. The molecular weight excluding hydrogens is 460 g/mol. The van der Waals surface area contributed by atoms with Crippen LogP contribution in [0.2, 0.25) is 0 Å². The van der Waals surface area contributed by atoms with Gasteiger partial charge in [0, 0.05) is 36.1 Å². The van der Waals surface area contributed by atoms with Crippen LogP contribution in [-0.2, 0) is 6.54 Å². The lowest BCUT2D eigenvalue weighted by molar-refractivity contribution is 0.0934. The molecule has 0 radical (unpaired) electrons. The zero-order valence-electron chi connectivity index (χ0n) is 21.3. The molecule has 1 atom stereocenters. The number of hydrogen-bond acceptors (Lipinski definition) is 4. The number of benzene rings is 3. The minimum absolute atomic E-state index is 0.101. The molecule has 0 aliphatic carbocycles. The molecule has 37 heavy (non-hydrogen) atoms. The van der Waals surface area contributed by atoms with E-state index in [1.165, 1.54) is 0 Å². The first-order chi connectivity index (χ1) is 18.2. The van der Waals surface area contributed by atoms with E-state index in [1.807, 2.05) is 84.9 Å². The molecule has 1 aliphatic heterocycles. The summed E-state index contributed by atoms with van der Waals surface area (Å²) in [5, 5.41) is 7.99. The Morgan fingerprint density at radius 3 is 2.30 bits per heavy atom. The third-order valence-corrected chi connectivity index (χ3v) is 7.15. The highest BCUT2D eigenvalue weighted by atomic mass is 16.2. The van der Waals surface area contributed by atoms with Crippen molar-refractivity contribution in [3.63, 3.8) is 0 Å². The summed E-state index contributed by atoms with van der Waals surface area (Å²) in [6.07, 6.45) is 1.79. The first-order valence-corrected chi connectivity index (χ1v) is 13.2. The zero-order chi connectivity index (χ0) is 25.6. The number of amides is 1. The molecule has 6 heteroatoms. The van der Waals surface area contributed by atoms with Gasteiger partial charge in [-0.25, -0.2) is 0 Å². The van der Waals surface area contributed by atoms with Gasteiger partial charge in [0.05, 0.1) is 17.3 Å². The summed E-state index contributed by atoms with van der Waals surface area (Å²) in [4.78, 5) is 30.4. The zero-order valence-corrected chi connectivity index (χ0v) is 21.3. The lowest BCUT2D eigenvalue weighted by Gasteiger charge is -2.26. The van der Waals surface area contributed by atoms with E-state index in [-0.39, 0.29) is 17.5 Å². The van der Waals surface area contributed by atoms with Gasteiger partial charge in [-0.05, 0) is 49.7 Å². The largest absolute Gasteiger partial charge is 0.345 e. The maximum Gasteiger partial charge on any atom is 0.263 e. The second-order valence-corrected chi connectivity index (χ2v) is 9.57. The van der Waals surface area contributed by atoms with Gasteiger partial charge in [0.1, 0.15) is 0 Å². The van der Waals surface area contributed by atoms with Gasteiger partial charge >= 0.3 is 0 Å². The molecule has 1 fully saturated rings. The number of nitrogens with zero attached hydrogens (tertiary/aromatic N) is 2. The van der Waals surface area contributed by atoms with E-state index < -0.39 is 0 Å². The molecule has 0 bridgehead atoms. The van der Waals surface area contributed by atoms with Crippen molar-refractivity contribution in [3.05, 3.63) is 112 Å². The molecule has 1 amide bonds. The highest BCUT2D eigenvalue weighted by Gasteiger charge is 2.26. The van der Waals surface area contributed by atoms with Crippen LogP contribution >= 0.6 is 0 Å². The SMILES string of the molecule is CC[C@H](NC(=O)c1c(CN2CCCNCC2)n(-c2ccccc2)c(=O)c2ccccc12)c1ccccc1. The van der Waals surface area contributed by atoms with Crippen LogP contribution in [0, 0.1) is 0 Å². The van der Waals surface area contributed by atoms with Gasteiger partial charge in [-0.2, -0.15) is 0 Å². The second-order valence-electron chi connectivity index (χ2n) is 9.57. The fourth-order valence-corrected chi connectivity index (χ4v) is 5.26. The lowest BCUT2D eigenvalue weighted by Crippen LogP contribution is -2.36. The molecule has 4 aromatic rings. The molecule has 0 unspecified atom stereocenters. The summed E-state index contributed by atoms with van der Waals surface area (Å²) < 4.78 is 1.75. The summed E-state index contributed by atoms with van der Waals surface area (Å²) in [5.41, 5.74) is 3.05. The number of hydrogen-bond donors (Lipinski definition) is 2. The van der Waals surface area contributed by atoms with Crippen molar-refractivity contribution in [1.82, 2.24) is 20.1 Å². The Morgan fingerprint density at radius 1 is 0.892 bits per heavy atom. The van der Waals surface area contributed by atoms with Gasteiger partial charge in [0.25, 0.3) is 11.5 Å². The van der Waals surface area contributed by atoms with Crippen LogP contribution in [-0.4, -0.2) is 41.6 Å². The molecule has 2 heterocycles. The predicted octanol–water partition coefficient (Wildman–Crippen LogP) is 4.67. The van der Waals surface area contributed by atoms with E-state index in [1.54, 1.807) is 4.57 Å². The van der Waals surface area contributed by atoms with Crippen LogP contribution < -0.4 is 16.2 Å². The van der Waals surface area contributed by atoms with Gasteiger partial charge in [0.15, 0.2) is 0 Å². The smallest absolute Gasteiger partial charge is 0.263 e. The lowest BCUT2D eigenvalue weighted by atomic mass is 9.99. The minimum atomic E-state index is -0.153. The molecule has 1 aromatic heterocycles. The van der Waals surface area contributed by atoms with Crippen molar-refractivity contribution in [3.8, 4) is 5.69 Å². The first-order valence-electron chi connectivity index (χ1n) is 13.2. The fourth-order valence-electron chi connectivity index (χ4n) is 5.26. The molecule has 1 aliphatic rings. The Balaban J connectivity index is 1.70. The monoisotopic (exact) mass is 494 g/mol. The van der Waals surface area contributed by atoms with E-state index in [2.05, 4.69) is 22.5 Å². The van der Waals surface area contributed by atoms with Crippen molar-refractivity contribution < 1.29 is 4.79 Å². The Morgan fingerprint density at radius 2 is 1.57 bits per heavy atom. The normalized spacial score (nSPS) is 15.3. The van der Waals surface area contributed by atoms with Crippen molar-refractivity contribution in [2.75, 3.05) is 26.2 Å². The molecule has 1 saturated heterocycles. The number of carbonyl (C=O) groups excluding carboxylic acids is 1. The first kappa shape index (κ1) is 24.9. The van der Waals surface area contributed by atoms with Crippen LogP contribution in [0.15, 0.2) is 89.7 Å². The van der Waals surface area contributed by atoms with Crippen molar-refractivity contribution in [2.45, 2.75) is 32.4 Å². The van der Waals surface area contributed by atoms with Crippen LogP contribution in [0.5, 0.6) is 0 Å². The standard InChI is InChI=1S/C31H34N4O2/c1-2-27(23-12-5-3-6-13-23)33-30(36)29-25-16-9-10-17-26(25)31(37)35(24-14-7-4-8-15-24)28(29)22-34-20-11-18-32-19-21-34/h3-10,12-17,27,32H,2,11,18-22H2,1H3,(H,33,36)/t27-/m0/s1. The van der Waals surface area contributed by atoms with Crippen molar-refractivity contribution in [2.24, 2.45) is 0 Å². The predicted molar refractivity (Wildman–Crippen MR) is 149 cm³/mol. The van der Waals surface area contributed by atoms with Gasteiger partial charge in [-0.1, -0.05) is 73.7 Å². The van der Waals surface area contributed by atoms with Crippen LogP contribution in [0.25, 0.3) is 16.5 Å². The quantitative estimate of drug-likeness (QED) is 0.392. The van der Waals surface area contributed by atoms with Crippen LogP contribution in [0.4, 0.5) is 0 Å². The third kappa shape index (κ3) is 5.36. The van der Waals surface area contributed by atoms with Crippen LogP contribution in [0.1, 0.15) is 47.4 Å². The number of aromatic nitrogens is 1. The second kappa shape index (κ2) is 11.5. The molecule has 6 nitrogen and oxygen atoms in total. The third-order valence-electron chi connectivity index (χ3n) is 7.15. The summed E-state index contributed by atoms with van der Waals surface area (Å²) in [5.74, 6) is -0.153. The average molecular weight is 495 g/mol.